The highest BCUT2D eigenvalue weighted by molar-refractivity contribution is 7.13. The maximum absolute atomic E-state index is 11.0. The third-order valence-electron chi connectivity index (χ3n) is 1.87. The monoisotopic (exact) mass is 253 g/mol. The molecule has 0 aliphatic carbocycles. The molecule has 2 rings (SSSR count). The molecule has 0 saturated heterocycles. The summed E-state index contributed by atoms with van der Waals surface area (Å²) in [6, 6.07) is 3.81. The molecule has 2 aromatic rings. The van der Waals surface area contributed by atoms with Crippen LogP contribution in [0.1, 0.15) is 12.8 Å². The van der Waals surface area contributed by atoms with Crippen LogP contribution in [-0.4, -0.2) is 22.8 Å². The van der Waals surface area contributed by atoms with E-state index in [1.807, 2.05) is 17.5 Å². The fourth-order valence-corrected chi connectivity index (χ4v) is 1.81. The molecular weight excluding hydrogens is 242 g/mol. The molecular formula is C10H11N3O3S. The van der Waals surface area contributed by atoms with E-state index in [0.29, 0.717) is 18.3 Å². The summed E-state index contributed by atoms with van der Waals surface area (Å²) in [6.45, 7) is 2.23. The second kappa shape index (κ2) is 5.44. The van der Waals surface area contributed by atoms with Crippen molar-refractivity contribution < 1.29 is 14.1 Å². The van der Waals surface area contributed by atoms with Crippen LogP contribution >= 0.6 is 11.3 Å². The maximum atomic E-state index is 11.0. The zero-order chi connectivity index (χ0) is 12.1. The normalized spacial score (nSPS) is 10.2. The molecule has 0 radical (unpaired) electrons. The van der Waals surface area contributed by atoms with Crippen molar-refractivity contribution in [3.8, 4) is 10.7 Å². The molecule has 7 heteroatoms. The second-order valence-electron chi connectivity index (χ2n) is 3.06. The summed E-state index contributed by atoms with van der Waals surface area (Å²) in [4.78, 5) is 16.1. The Bertz CT molecular complexity index is 481. The predicted molar refractivity (Wildman–Crippen MR) is 61.5 cm³/mol. The summed E-state index contributed by atoms with van der Waals surface area (Å²) in [6.07, 6.45) is -0.497. The maximum Gasteiger partial charge on any atom is 0.407 e. The first-order valence-corrected chi connectivity index (χ1v) is 5.94. The van der Waals surface area contributed by atoms with E-state index in [0.717, 1.165) is 4.88 Å². The Morgan fingerprint density at radius 2 is 2.53 bits per heavy atom. The van der Waals surface area contributed by atoms with Gasteiger partial charge in [0.25, 0.3) is 0 Å². The minimum absolute atomic E-state index is 0.164. The number of hydrogen-bond donors (Lipinski definition) is 1. The van der Waals surface area contributed by atoms with E-state index in [1.165, 1.54) is 11.3 Å². The zero-order valence-corrected chi connectivity index (χ0v) is 9.99. The second-order valence-corrected chi connectivity index (χ2v) is 4.01. The van der Waals surface area contributed by atoms with E-state index in [4.69, 9.17) is 9.26 Å². The Hall–Kier alpha value is -1.89. The molecule has 0 fully saturated rings. The van der Waals surface area contributed by atoms with Gasteiger partial charge >= 0.3 is 6.09 Å². The zero-order valence-electron chi connectivity index (χ0n) is 9.17. The Morgan fingerprint density at radius 1 is 1.65 bits per heavy atom. The highest BCUT2D eigenvalue weighted by Gasteiger charge is 2.10. The largest absolute Gasteiger partial charge is 0.450 e. The number of hydrogen-bond acceptors (Lipinski definition) is 6. The number of rotatable bonds is 4. The quantitative estimate of drug-likeness (QED) is 0.902. The van der Waals surface area contributed by atoms with Gasteiger partial charge in [-0.1, -0.05) is 11.2 Å². The Kier molecular flexibility index (Phi) is 3.71. The van der Waals surface area contributed by atoms with Crippen molar-refractivity contribution in [1.29, 1.82) is 0 Å². The van der Waals surface area contributed by atoms with E-state index < -0.39 is 6.09 Å². The van der Waals surface area contributed by atoms with Crippen LogP contribution in [0.3, 0.4) is 0 Å². The van der Waals surface area contributed by atoms with Gasteiger partial charge in [0.15, 0.2) is 0 Å². The molecule has 17 heavy (non-hydrogen) atoms. The van der Waals surface area contributed by atoms with Crippen molar-refractivity contribution in [2.75, 3.05) is 6.61 Å². The molecule has 0 aromatic carbocycles. The van der Waals surface area contributed by atoms with Gasteiger partial charge in [-0.25, -0.2) is 4.79 Å². The third kappa shape index (κ3) is 3.04. The molecule has 0 bridgehead atoms. The average molecular weight is 253 g/mol. The summed E-state index contributed by atoms with van der Waals surface area (Å²) in [5, 5.41) is 8.25. The number of thiophene rings is 1. The first kappa shape index (κ1) is 11.6. The van der Waals surface area contributed by atoms with E-state index in [2.05, 4.69) is 15.5 Å². The molecule has 1 amide bonds. The fourth-order valence-electron chi connectivity index (χ4n) is 1.16. The lowest BCUT2D eigenvalue weighted by Gasteiger charge is -2.00. The summed E-state index contributed by atoms with van der Waals surface area (Å²) in [7, 11) is 0. The summed E-state index contributed by atoms with van der Waals surface area (Å²) in [5.41, 5.74) is 0. The highest BCUT2D eigenvalue weighted by atomic mass is 32.1. The van der Waals surface area contributed by atoms with Gasteiger partial charge < -0.3 is 14.6 Å². The summed E-state index contributed by atoms with van der Waals surface area (Å²) < 4.78 is 9.70. The van der Waals surface area contributed by atoms with Gasteiger partial charge in [-0.15, -0.1) is 11.3 Å². The number of aromatic nitrogens is 2. The van der Waals surface area contributed by atoms with Gasteiger partial charge in [-0.05, 0) is 18.4 Å². The SMILES string of the molecule is CCOC(=O)NCc1nc(-c2cccs2)no1. The number of carbonyl (C=O) groups excluding carboxylic acids is 1. The molecule has 90 valence electrons. The molecule has 6 nitrogen and oxygen atoms in total. The van der Waals surface area contributed by atoms with Crippen LogP contribution < -0.4 is 5.32 Å². The molecule has 0 atom stereocenters. The van der Waals surface area contributed by atoms with Crippen LogP contribution in [0.4, 0.5) is 4.79 Å². The van der Waals surface area contributed by atoms with Crippen LogP contribution in [0, 0.1) is 0 Å². The predicted octanol–water partition coefficient (Wildman–Crippen LogP) is 2.04. The van der Waals surface area contributed by atoms with Crippen LogP contribution in [0.15, 0.2) is 22.0 Å². The van der Waals surface area contributed by atoms with Crippen LogP contribution in [-0.2, 0) is 11.3 Å². The van der Waals surface area contributed by atoms with Crippen molar-refractivity contribution in [3.63, 3.8) is 0 Å². The molecule has 0 aliphatic rings. The van der Waals surface area contributed by atoms with Crippen LogP contribution in [0.2, 0.25) is 0 Å². The molecule has 2 aromatic heterocycles. The van der Waals surface area contributed by atoms with Crippen molar-refractivity contribution in [2.45, 2.75) is 13.5 Å². The molecule has 0 saturated carbocycles. The lowest BCUT2D eigenvalue weighted by Crippen LogP contribution is -2.23. The number of carbonyl (C=O) groups is 1. The lowest BCUT2D eigenvalue weighted by molar-refractivity contribution is 0.150. The smallest absolute Gasteiger partial charge is 0.407 e. The van der Waals surface area contributed by atoms with Crippen molar-refractivity contribution in [1.82, 2.24) is 15.5 Å². The number of amides is 1. The third-order valence-corrected chi connectivity index (χ3v) is 2.73. The van der Waals surface area contributed by atoms with Crippen molar-refractivity contribution >= 4 is 17.4 Å². The molecule has 0 unspecified atom stereocenters. The van der Waals surface area contributed by atoms with Crippen molar-refractivity contribution in [2.24, 2.45) is 0 Å². The van der Waals surface area contributed by atoms with E-state index >= 15 is 0 Å². The minimum atomic E-state index is -0.497. The first-order valence-electron chi connectivity index (χ1n) is 5.06. The minimum Gasteiger partial charge on any atom is -0.450 e. The van der Waals surface area contributed by atoms with E-state index in [1.54, 1.807) is 6.92 Å². The van der Waals surface area contributed by atoms with Crippen molar-refractivity contribution in [3.05, 3.63) is 23.4 Å². The van der Waals surface area contributed by atoms with Gasteiger partial charge in [0.1, 0.15) is 6.54 Å². The van der Waals surface area contributed by atoms with E-state index in [-0.39, 0.29) is 6.54 Å². The van der Waals surface area contributed by atoms with E-state index in [9.17, 15) is 4.79 Å². The number of nitrogens with zero attached hydrogens (tertiary/aromatic N) is 2. The van der Waals surface area contributed by atoms with Gasteiger partial charge in [0.05, 0.1) is 11.5 Å². The number of nitrogens with one attached hydrogen (secondary N) is 1. The van der Waals surface area contributed by atoms with Crippen LogP contribution in [0.5, 0.6) is 0 Å². The molecule has 2 heterocycles. The van der Waals surface area contributed by atoms with Gasteiger partial charge in [0, 0.05) is 0 Å². The molecule has 0 aliphatic heterocycles. The number of ether oxygens (including phenoxy) is 1. The fraction of sp³-hybridized carbons (Fsp3) is 0.300. The molecule has 1 N–H and O–H groups in total. The van der Waals surface area contributed by atoms with Gasteiger partial charge in [0.2, 0.25) is 11.7 Å². The molecule has 0 spiro atoms. The van der Waals surface area contributed by atoms with Crippen LogP contribution in [0.25, 0.3) is 10.7 Å². The van der Waals surface area contributed by atoms with Gasteiger partial charge in [-0.3, -0.25) is 0 Å². The average Bonchev–Trinajstić information content (AvgIpc) is 2.97. The Balaban J connectivity index is 1.93. The highest BCUT2D eigenvalue weighted by Crippen LogP contribution is 2.20. The summed E-state index contributed by atoms with van der Waals surface area (Å²) >= 11 is 1.52. The lowest BCUT2D eigenvalue weighted by atomic mass is 10.4. The number of alkyl carbamates (subject to hydrolysis) is 1. The standard InChI is InChI=1S/C10H11N3O3S/c1-2-15-10(14)11-6-8-12-9(13-16-8)7-4-3-5-17-7/h3-5H,2,6H2,1H3,(H,11,14). The Labute approximate surface area is 102 Å². The topological polar surface area (TPSA) is 77.2 Å². The first-order chi connectivity index (χ1) is 8.29. The van der Waals surface area contributed by atoms with Gasteiger partial charge in [-0.2, -0.15) is 4.98 Å². The summed E-state index contributed by atoms with van der Waals surface area (Å²) in [5.74, 6) is 0.877. The Morgan fingerprint density at radius 3 is 3.24 bits per heavy atom.